The van der Waals surface area contributed by atoms with Crippen molar-refractivity contribution in [3.63, 3.8) is 0 Å². The summed E-state index contributed by atoms with van der Waals surface area (Å²) in [5.41, 5.74) is 2.35. The zero-order chi connectivity index (χ0) is 20.3. The van der Waals surface area contributed by atoms with Crippen molar-refractivity contribution in [2.75, 3.05) is 23.9 Å². The lowest BCUT2D eigenvalue weighted by Crippen LogP contribution is -2.46. The number of carbonyl (C=O) groups excluding carboxylic acids is 1. The largest absolute Gasteiger partial charge is 0.341 e. The predicted octanol–water partition coefficient (Wildman–Crippen LogP) is 3.76. The maximum Gasteiger partial charge on any atom is 0.264 e. The lowest BCUT2D eigenvalue weighted by atomic mass is 10.0. The zero-order valence-corrected chi connectivity index (χ0v) is 17.6. The number of rotatable bonds is 5. The van der Waals surface area contributed by atoms with Crippen LogP contribution in [0.1, 0.15) is 30.9 Å². The number of likely N-dealkylation sites (tertiary alicyclic amines) is 1. The summed E-state index contributed by atoms with van der Waals surface area (Å²) < 4.78 is 28.1. The normalized spacial score (nSPS) is 17.4. The maximum absolute atomic E-state index is 13.4. The molecule has 6 heteroatoms. The second-order valence-electron chi connectivity index (χ2n) is 7.70. The fourth-order valence-corrected chi connectivity index (χ4v) is 5.10. The Labute approximate surface area is 168 Å². The van der Waals surface area contributed by atoms with E-state index < -0.39 is 10.0 Å². The first-order valence-corrected chi connectivity index (χ1v) is 11.2. The molecule has 0 aromatic heterocycles. The number of amides is 1. The third-order valence-corrected chi connectivity index (χ3v) is 7.06. The maximum atomic E-state index is 13.4. The number of hydrogen-bond acceptors (Lipinski definition) is 3. The molecule has 2 aromatic carbocycles. The summed E-state index contributed by atoms with van der Waals surface area (Å²) in [4.78, 5) is 15.0. The van der Waals surface area contributed by atoms with Gasteiger partial charge in [-0.05, 0) is 56.4 Å². The molecule has 0 bridgehead atoms. The van der Waals surface area contributed by atoms with Crippen molar-refractivity contribution in [2.45, 2.75) is 38.5 Å². The van der Waals surface area contributed by atoms with Crippen LogP contribution in [-0.2, 0) is 14.8 Å². The van der Waals surface area contributed by atoms with Gasteiger partial charge >= 0.3 is 0 Å². The minimum Gasteiger partial charge on any atom is -0.341 e. The Bertz CT molecular complexity index is 939. The molecular formula is C22H28N2O3S. The van der Waals surface area contributed by atoms with Gasteiger partial charge in [0.05, 0.1) is 10.6 Å². The molecule has 0 radical (unpaired) electrons. The third-order valence-electron chi connectivity index (χ3n) is 5.28. The smallest absolute Gasteiger partial charge is 0.264 e. The van der Waals surface area contributed by atoms with Gasteiger partial charge in [0.25, 0.3) is 10.0 Å². The zero-order valence-electron chi connectivity index (χ0n) is 16.8. The van der Waals surface area contributed by atoms with E-state index >= 15 is 0 Å². The molecule has 1 fully saturated rings. The van der Waals surface area contributed by atoms with Crippen molar-refractivity contribution in [2.24, 2.45) is 5.92 Å². The minimum absolute atomic E-state index is 0.148. The van der Waals surface area contributed by atoms with Crippen LogP contribution in [0.15, 0.2) is 53.4 Å². The molecule has 1 atom stereocenters. The Hall–Kier alpha value is -2.34. The number of benzene rings is 2. The van der Waals surface area contributed by atoms with Crippen molar-refractivity contribution in [3.05, 3.63) is 59.7 Å². The van der Waals surface area contributed by atoms with Gasteiger partial charge in [-0.15, -0.1) is 0 Å². The molecule has 28 heavy (non-hydrogen) atoms. The van der Waals surface area contributed by atoms with Crippen molar-refractivity contribution < 1.29 is 13.2 Å². The Morgan fingerprint density at radius 3 is 2.43 bits per heavy atom. The number of carbonyl (C=O) groups is 1. The van der Waals surface area contributed by atoms with Gasteiger partial charge in [0, 0.05) is 13.1 Å². The van der Waals surface area contributed by atoms with Gasteiger partial charge in [-0.25, -0.2) is 8.42 Å². The van der Waals surface area contributed by atoms with E-state index in [1.807, 2.05) is 26.0 Å². The number of para-hydroxylation sites is 1. The number of hydrogen-bond donors (Lipinski definition) is 0. The van der Waals surface area contributed by atoms with Gasteiger partial charge < -0.3 is 4.90 Å². The highest BCUT2D eigenvalue weighted by atomic mass is 32.2. The average Bonchev–Trinajstić information content (AvgIpc) is 2.67. The molecule has 0 aliphatic carbocycles. The van der Waals surface area contributed by atoms with Crippen molar-refractivity contribution in [1.82, 2.24) is 4.90 Å². The molecule has 1 heterocycles. The van der Waals surface area contributed by atoms with Crippen LogP contribution < -0.4 is 4.31 Å². The molecule has 2 aromatic rings. The van der Waals surface area contributed by atoms with Crippen LogP contribution in [0.2, 0.25) is 0 Å². The lowest BCUT2D eigenvalue weighted by molar-refractivity contribution is -0.131. The van der Waals surface area contributed by atoms with Crippen LogP contribution in [0.5, 0.6) is 0 Å². The van der Waals surface area contributed by atoms with E-state index in [1.54, 1.807) is 41.3 Å². The van der Waals surface area contributed by atoms with Crippen LogP contribution >= 0.6 is 0 Å². The van der Waals surface area contributed by atoms with Crippen LogP contribution in [0.3, 0.4) is 0 Å². The summed E-state index contributed by atoms with van der Waals surface area (Å²) in [6, 6.07) is 14.0. The third kappa shape index (κ3) is 4.38. The molecule has 3 rings (SSSR count). The van der Waals surface area contributed by atoms with Crippen LogP contribution in [-0.4, -0.2) is 38.9 Å². The molecule has 150 valence electrons. The Kier molecular flexibility index (Phi) is 6.08. The topological polar surface area (TPSA) is 57.7 Å². The molecule has 0 N–H and O–H groups in total. The van der Waals surface area contributed by atoms with E-state index in [2.05, 4.69) is 6.92 Å². The van der Waals surface area contributed by atoms with Crippen molar-refractivity contribution in [3.8, 4) is 0 Å². The Balaban J connectivity index is 1.97. The standard InChI is InChI=1S/C22H28N2O3S/c1-17-10-12-20(13-11-17)28(26,27)24(21-9-5-4-8-19(21)3)16-22(25)23-14-6-7-18(2)15-23/h4-5,8-13,18H,6-7,14-16H2,1-3H3. The number of sulfonamides is 1. The molecule has 0 spiro atoms. The van der Waals surface area contributed by atoms with Gasteiger partial charge in [-0.3, -0.25) is 9.10 Å². The van der Waals surface area contributed by atoms with Crippen molar-refractivity contribution in [1.29, 1.82) is 0 Å². The summed E-state index contributed by atoms with van der Waals surface area (Å²) in [7, 11) is -3.85. The lowest BCUT2D eigenvalue weighted by Gasteiger charge is -2.33. The predicted molar refractivity (Wildman–Crippen MR) is 112 cm³/mol. The van der Waals surface area contributed by atoms with Crippen LogP contribution in [0, 0.1) is 19.8 Å². The van der Waals surface area contributed by atoms with Crippen LogP contribution in [0.4, 0.5) is 5.69 Å². The van der Waals surface area contributed by atoms with Crippen molar-refractivity contribution >= 4 is 21.6 Å². The second kappa shape index (κ2) is 8.35. The molecule has 5 nitrogen and oxygen atoms in total. The molecule has 1 unspecified atom stereocenters. The number of aryl methyl sites for hydroxylation is 2. The highest BCUT2D eigenvalue weighted by molar-refractivity contribution is 7.92. The summed E-state index contributed by atoms with van der Waals surface area (Å²) >= 11 is 0. The number of nitrogens with zero attached hydrogens (tertiary/aromatic N) is 2. The molecule has 0 saturated carbocycles. The fraction of sp³-hybridized carbons (Fsp3) is 0.409. The van der Waals surface area contributed by atoms with E-state index in [9.17, 15) is 13.2 Å². The van der Waals surface area contributed by atoms with Crippen LogP contribution in [0.25, 0.3) is 0 Å². The highest BCUT2D eigenvalue weighted by Crippen LogP contribution is 2.27. The van der Waals surface area contributed by atoms with Gasteiger partial charge in [-0.1, -0.05) is 42.8 Å². The van der Waals surface area contributed by atoms with E-state index in [0.717, 1.165) is 24.0 Å². The highest BCUT2D eigenvalue weighted by Gasteiger charge is 2.30. The average molecular weight is 401 g/mol. The van der Waals surface area contributed by atoms with E-state index in [0.29, 0.717) is 24.7 Å². The molecule has 1 saturated heterocycles. The fourth-order valence-electron chi connectivity index (χ4n) is 3.62. The monoisotopic (exact) mass is 400 g/mol. The first-order chi connectivity index (χ1) is 13.3. The molecule has 1 amide bonds. The van der Waals surface area contributed by atoms with Gasteiger partial charge in [-0.2, -0.15) is 0 Å². The van der Waals surface area contributed by atoms with E-state index in [-0.39, 0.29) is 17.3 Å². The first-order valence-electron chi connectivity index (χ1n) is 9.72. The SMILES string of the molecule is Cc1ccc(S(=O)(=O)N(CC(=O)N2CCCC(C)C2)c2ccccc2C)cc1. The second-order valence-corrected chi connectivity index (χ2v) is 9.56. The molecule has 1 aliphatic heterocycles. The Morgan fingerprint density at radius 1 is 1.11 bits per heavy atom. The van der Waals surface area contributed by atoms with Gasteiger partial charge in [0.15, 0.2) is 0 Å². The summed E-state index contributed by atoms with van der Waals surface area (Å²) in [6.45, 7) is 7.09. The van der Waals surface area contributed by atoms with E-state index in [1.165, 1.54) is 4.31 Å². The van der Waals surface area contributed by atoms with Gasteiger partial charge in [0.2, 0.25) is 5.91 Å². The van der Waals surface area contributed by atoms with E-state index in [4.69, 9.17) is 0 Å². The quantitative estimate of drug-likeness (QED) is 0.768. The number of anilines is 1. The minimum atomic E-state index is -3.85. The Morgan fingerprint density at radius 2 is 1.79 bits per heavy atom. The van der Waals surface area contributed by atoms with Gasteiger partial charge in [0.1, 0.15) is 6.54 Å². The summed E-state index contributed by atoms with van der Waals surface area (Å²) in [5, 5.41) is 0. The molecular weight excluding hydrogens is 372 g/mol. The first kappa shape index (κ1) is 20.4. The molecule has 1 aliphatic rings. The summed E-state index contributed by atoms with van der Waals surface area (Å²) in [6.07, 6.45) is 2.06. The summed E-state index contributed by atoms with van der Waals surface area (Å²) in [5.74, 6) is 0.295. The number of piperidine rings is 1.